The lowest BCUT2D eigenvalue weighted by atomic mass is 9.66. The minimum Gasteiger partial charge on any atom is -0.384 e. The highest BCUT2D eigenvalue weighted by molar-refractivity contribution is 5.85. The van der Waals surface area contributed by atoms with Crippen molar-refractivity contribution in [2.75, 3.05) is 6.54 Å². The summed E-state index contributed by atoms with van der Waals surface area (Å²) in [7, 11) is 0. The summed E-state index contributed by atoms with van der Waals surface area (Å²) in [6.45, 7) is 7.94. The van der Waals surface area contributed by atoms with E-state index in [0.29, 0.717) is 12.3 Å². The van der Waals surface area contributed by atoms with Crippen LogP contribution in [-0.4, -0.2) is 28.3 Å². The largest absolute Gasteiger partial charge is 0.384 e. The summed E-state index contributed by atoms with van der Waals surface area (Å²) in [6.07, 6.45) is 2.38. The Labute approximate surface area is 145 Å². The van der Waals surface area contributed by atoms with Gasteiger partial charge in [-0.3, -0.25) is 4.79 Å². The fraction of sp³-hybridized carbons (Fsp3) is 0.650. The molecule has 0 aliphatic heterocycles. The zero-order valence-corrected chi connectivity index (χ0v) is 15.2. The fourth-order valence-electron chi connectivity index (χ4n) is 3.94. The highest BCUT2D eigenvalue weighted by Crippen LogP contribution is 2.41. The van der Waals surface area contributed by atoms with E-state index in [1.54, 1.807) is 6.92 Å². The first-order valence-corrected chi connectivity index (χ1v) is 8.95. The molecule has 1 aliphatic carbocycles. The number of carbonyl (C=O) groups is 1. The van der Waals surface area contributed by atoms with Crippen LogP contribution in [0.3, 0.4) is 0 Å². The second kappa shape index (κ2) is 7.24. The standard InChI is InChI=1S/C20H31NO3/c1-14(2)17-11-10-15(3)12-20(17,24)18(22)21-13-19(4,23)16-8-6-5-7-9-16/h5-9,14-15,17,23-24H,10-13H2,1-4H3,(H,21,22)/t15?,17?,19?,20-/m1/s1. The molecule has 1 aromatic rings. The third-order valence-electron chi connectivity index (χ3n) is 5.43. The van der Waals surface area contributed by atoms with E-state index in [-0.39, 0.29) is 24.3 Å². The molecule has 3 unspecified atom stereocenters. The van der Waals surface area contributed by atoms with Gasteiger partial charge in [0.25, 0.3) is 5.91 Å². The van der Waals surface area contributed by atoms with Gasteiger partial charge in [0, 0.05) is 0 Å². The lowest BCUT2D eigenvalue weighted by Crippen LogP contribution is -2.57. The quantitative estimate of drug-likeness (QED) is 0.776. The molecule has 0 saturated heterocycles. The molecule has 1 fully saturated rings. The zero-order valence-electron chi connectivity index (χ0n) is 15.2. The molecule has 0 radical (unpaired) electrons. The van der Waals surface area contributed by atoms with Crippen molar-refractivity contribution in [2.45, 2.75) is 58.2 Å². The normalized spacial score (nSPS) is 30.0. The van der Waals surface area contributed by atoms with Crippen molar-refractivity contribution in [3.05, 3.63) is 35.9 Å². The summed E-state index contributed by atoms with van der Waals surface area (Å²) in [5, 5.41) is 24.6. The van der Waals surface area contributed by atoms with E-state index < -0.39 is 11.2 Å². The van der Waals surface area contributed by atoms with Crippen LogP contribution < -0.4 is 5.32 Å². The highest BCUT2D eigenvalue weighted by atomic mass is 16.3. The molecular formula is C20H31NO3. The average Bonchev–Trinajstić information content (AvgIpc) is 2.53. The molecule has 1 aromatic carbocycles. The monoisotopic (exact) mass is 333 g/mol. The smallest absolute Gasteiger partial charge is 0.252 e. The van der Waals surface area contributed by atoms with Gasteiger partial charge >= 0.3 is 0 Å². The van der Waals surface area contributed by atoms with Crippen LogP contribution in [-0.2, 0) is 10.4 Å². The van der Waals surface area contributed by atoms with Gasteiger partial charge in [0.05, 0.1) is 6.54 Å². The minimum atomic E-state index is -1.35. The first kappa shape index (κ1) is 18.9. The number of hydrogen-bond acceptors (Lipinski definition) is 3. The van der Waals surface area contributed by atoms with E-state index in [1.807, 2.05) is 30.3 Å². The predicted octanol–water partition coefficient (Wildman–Crippen LogP) is 2.83. The van der Waals surface area contributed by atoms with Gasteiger partial charge in [0.15, 0.2) is 0 Å². The number of nitrogens with one attached hydrogen (secondary N) is 1. The molecule has 4 nitrogen and oxygen atoms in total. The van der Waals surface area contributed by atoms with Crippen LogP contribution in [0.2, 0.25) is 0 Å². The van der Waals surface area contributed by atoms with Gasteiger partial charge in [-0.2, -0.15) is 0 Å². The second-order valence-corrected chi connectivity index (χ2v) is 7.98. The Bertz CT molecular complexity index is 555. The number of rotatable bonds is 5. The molecular weight excluding hydrogens is 302 g/mol. The van der Waals surface area contributed by atoms with Crippen molar-refractivity contribution < 1.29 is 15.0 Å². The summed E-state index contributed by atoms with van der Waals surface area (Å²) in [6, 6.07) is 9.27. The van der Waals surface area contributed by atoms with Crippen LogP contribution in [0.1, 0.15) is 52.5 Å². The molecule has 2 rings (SSSR count). The molecule has 0 spiro atoms. The first-order valence-electron chi connectivity index (χ1n) is 8.95. The van der Waals surface area contributed by atoms with Crippen LogP contribution >= 0.6 is 0 Å². The molecule has 1 amide bonds. The molecule has 24 heavy (non-hydrogen) atoms. The summed E-state index contributed by atoms with van der Waals surface area (Å²) in [5.74, 6) is 0.160. The van der Waals surface area contributed by atoms with E-state index in [1.165, 1.54) is 0 Å². The fourth-order valence-corrected chi connectivity index (χ4v) is 3.94. The van der Waals surface area contributed by atoms with E-state index >= 15 is 0 Å². The van der Waals surface area contributed by atoms with Crippen molar-refractivity contribution >= 4 is 5.91 Å². The topological polar surface area (TPSA) is 69.6 Å². The lowest BCUT2D eigenvalue weighted by Gasteiger charge is -2.43. The average molecular weight is 333 g/mol. The summed E-state index contributed by atoms with van der Waals surface area (Å²) in [5.41, 5.74) is -1.77. The van der Waals surface area contributed by atoms with Crippen LogP contribution in [0.5, 0.6) is 0 Å². The zero-order chi connectivity index (χ0) is 18.0. The number of amides is 1. The SMILES string of the molecule is CC1CCC(C(C)C)[C@@](O)(C(=O)NCC(C)(O)c2ccccc2)C1. The number of carbonyl (C=O) groups excluding carboxylic acids is 1. The van der Waals surface area contributed by atoms with Gasteiger partial charge in [-0.25, -0.2) is 0 Å². The van der Waals surface area contributed by atoms with Crippen molar-refractivity contribution in [1.82, 2.24) is 5.32 Å². The lowest BCUT2D eigenvalue weighted by molar-refractivity contribution is -0.156. The van der Waals surface area contributed by atoms with Crippen LogP contribution in [0.25, 0.3) is 0 Å². The minimum absolute atomic E-state index is 0.0459. The van der Waals surface area contributed by atoms with Crippen molar-refractivity contribution in [3.63, 3.8) is 0 Å². The van der Waals surface area contributed by atoms with Crippen molar-refractivity contribution in [2.24, 2.45) is 17.8 Å². The first-order chi connectivity index (χ1) is 11.2. The maximum atomic E-state index is 12.8. The Morgan fingerprint density at radius 3 is 2.54 bits per heavy atom. The van der Waals surface area contributed by atoms with E-state index in [2.05, 4.69) is 26.1 Å². The number of hydrogen-bond donors (Lipinski definition) is 3. The molecule has 1 aliphatic rings. The van der Waals surface area contributed by atoms with Gasteiger partial charge in [-0.05, 0) is 43.1 Å². The van der Waals surface area contributed by atoms with E-state index in [9.17, 15) is 15.0 Å². The van der Waals surface area contributed by atoms with E-state index in [0.717, 1.165) is 18.4 Å². The van der Waals surface area contributed by atoms with E-state index in [4.69, 9.17) is 0 Å². The van der Waals surface area contributed by atoms with Gasteiger partial charge in [0.1, 0.15) is 11.2 Å². The van der Waals surface area contributed by atoms with Crippen LogP contribution in [0, 0.1) is 17.8 Å². The van der Waals surface area contributed by atoms with Crippen molar-refractivity contribution in [3.8, 4) is 0 Å². The number of aliphatic hydroxyl groups is 2. The number of benzene rings is 1. The maximum Gasteiger partial charge on any atom is 0.252 e. The van der Waals surface area contributed by atoms with Crippen LogP contribution in [0.15, 0.2) is 30.3 Å². The molecule has 4 atom stereocenters. The van der Waals surface area contributed by atoms with Gasteiger partial charge in [0.2, 0.25) is 0 Å². The van der Waals surface area contributed by atoms with Gasteiger partial charge in [-0.15, -0.1) is 0 Å². The Morgan fingerprint density at radius 1 is 1.33 bits per heavy atom. The third kappa shape index (κ3) is 3.98. The molecule has 0 bridgehead atoms. The summed E-state index contributed by atoms with van der Waals surface area (Å²) in [4.78, 5) is 12.8. The molecule has 1 saturated carbocycles. The summed E-state index contributed by atoms with van der Waals surface area (Å²) >= 11 is 0. The Kier molecular flexibility index (Phi) is 5.71. The predicted molar refractivity (Wildman–Crippen MR) is 95.3 cm³/mol. The Morgan fingerprint density at radius 2 is 1.96 bits per heavy atom. The van der Waals surface area contributed by atoms with Gasteiger partial charge in [-0.1, -0.05) is 57.5 Å². The molecule has 134 valence electrons. The van der Waals surface area contributed by atoms with Gasteiger partial charge < -0.3 is 15.5 Å². The van der Waals surface area contributed by atoms with Crippen molar-refractivity contribution in [1.29, 1.82) is 0 Å². The second-order valence-electron chi connectivity index (χ2n) is 7.98. The Hall–Kier alpha value is -1.39. The highest BCUT2D eigenvalue weighted by Gasteiger charge is 2.48. The van der Waals surface area contributed by atoms with Crippen LogP contribution in [0.4, 0.5) is 0 Å². The molecule has 0 heterocycles. The molecule has 4 heteroatoms. The maximum absolute atomic E-state index is 12.8. The third-order valence-corrected chi connectivity index (χ3v) is 5.43. The summed E-state index contributed by atoms with van der Waals surface area (Å²) < 4.78 is 0. The Balaban J connectivity index is 2.09. The molecule has 3 N–H and O–H groups in total. The molecule has 0 aromatic heterocycles.